The zero-order valence-electron chi connectivity index (χ0n) is 36.0. The Morgan fingerprint density at radius 2 is 0.660 bits per heavy atom. The molecule has 0 aliphatic heterocycles. The van der Waals surface area contributed by atoms with Crippen molar-refractivity contribution in [2.75, 3.05) is 13.2 Å². The summed E-state index contributed by atoms with van der Waals surface area (Å²) in [5.41, 5.74) is 0. The van der Waals surface area contributed by atoms with Crippen LogP contribution in [-0.4, -0.2) is 37.2 Å². The Bertz CT molecular complexity index is 798. The maximum Gasteiger partial charge on any atom is 0.306 e. The molecule has 6 nitrogen and oxygen atoms in total. The standard InChI is InChI=1S/C47H90O6/c1-5-8-10-12-14-16-18-19-20-22-24-26-31-35-39-46(49)52-42-44(53-47(50)40-36-32-28-27-29-33-37-43(4)7-3)41-51-45(48)38-34-30-25-23-21-17-15-13-11-9-6-2/h43-44H,5-42H2,1-4H3/t43?,44-/m0/s1. The number of rotatable bonds is 42. The summed E-state index contributed by atoms with van der Waals surface area (Å²) in [7, 11) is 0. The van der Waals surface area contributed by atoms with Gasteiger partial charge in [0.25, 0.3) is 0 Å². The Kier molecular flexibility index (Phi) is 40.3. The van der Waals surface area contributed by atoms with Crippen LogP contribution in [0.1, 0.15) is 259 Å². The Balaban J connectivity index is 4.31. The van der Waals surface area contributed by atoms with Gasteiger partial charge in [-0.3, -0.25) is 14.4 Å². The van der Waals surface area contributed by atoms with Gasteiger partial charge in [0.2, 0.25) is 0 Å². The molecule has 0 saturated heterocycles. The fourth-order valence-corrected chi connectivity index (χ4v) is 6.95. The molecule has 6 heteroatoms. The van der Waals surface area contributed by atoms with Crippen LogP contribution < -0.4 is 0 Å². The molecule has 0 aromatic carbocycles. The molecule has 53 heavy (non-hydrogen) atoms. The van der Waals surface area contributed by atoms with Crippen LogP contribution in [0, 0.1) is 5.92 Å². The molecule has 0 rings (SSSR count). The predicted molar refractivity (Wildman–Crippen MR) is 224 cm³/mol. The first kappa shape index (κ1) is 51.4. The lowest BCUT2D eigenvalue weighted by atomic mass is 10.00. The Labute approximate surface area is 329 Å². The SMILES string of the molecule is CCCCCCCCCCCCCCCCC(=O)OC[C@H](COC(=O)CCCCCCCCCCCCC)OC(=O)CCCCCCCCC(C)CC. The Morgan fingerprint density at radius 3 is 0.981 bits per heavy atom. The van der Waals surface area contributed by atoms with Crippen LogP contribution in [0.4, 0.5) is 0 Å². The van der Waals surface area contributed by atoms with Crippen LogP contribution in [0.3, 0.4) is 0 Å². The minimum atomic E-state index is -0.760. The number of esters is 3. The van der Waals surface area contributed by atoms with Gasteiger partial charge >= 0.3 is 17.9 Å². The van der Waals surface area contributed by atoms with Gasteiger partial charge in [-0.1, -0.05) is 220 Å². The van der Waals surface area contributed by atoms with Crippen LogP contribution in [0.25, 0.3) is 0 Å². The van der Waals surface area contributed by atoms with Gasteiger partial charge < -0.3 is 14.2 Å². The lowest BCUT2D eigenvalue weighted by Gasteiger charge is -2.18. The van der Waals surface area contributed by atoms with Crippen molar-refractivity contribution in [2.24, 2.45) is 5.92 Å². The van der Waals surface area contributed by atoms with Gasteiger partial charge in [-0.2, -0.15) is 0 Å². The van der Waals surface area contributed by atoms with E-state index >= 15 is 0 Å². The molecule has 0 radical (unpaired) electrons. The minimum absolute atomic E-state index is 0.0644. The molecule has 0 bridgehead atoms. The van der Waals surface area contributed by atoms with E-state index in [0.717, 1.165) is 63.7 Å². The molecule has 314 valence electrons. The van der Waals surface area contributed by atoms with Gasteiger partial charge in [0, 0.05) is 19.3 Å². The molecule has 0 aliphatic carbocycles. The van der Waals surface area contributed by atoms with Gasteiger partial charge in [0.15, 0.2) is 6.10 Å². The average Bonchev–Trinajstić information content (AvgIpc) is 3.15. The largest absolute Gasteiger partial charge is 0.462 e. The molecule has 0 aliphatic rings. The van der Waals surface area contributed by atoms with E-state index in [1.54, 1.807) is 0 Å². The Hall–Kier alpha value is -1.59. The van der Waals surface area contributed by atoms with E-state index in [-0.39, 0.29) is 31.1 Å². The molecule has 0 aromatic rings. The molecule has 0 heterocycles. The number of unbranched alkanes of at least 4 members (excludes halogenated alkanes) is 28. The lowest BCUT2D eigenvalue weighted by Crippen LogP contribution is -2.30. The second-order valence-corrected chi connectivity index (χ2v) is 16.3. The van der Waals surface area contributed by atoms with Crippen molar-refractivity contribution >= 4 is 17.9 Å². The third-order valence-corrected chi connectivity index (χ3v) is 10.9. The zero-order valence-corrected chi connectivity index (χ0v) is 36.0. The normalized spacial score (nSPS) is 12.5. The minimum Gasteiger partial charge on any atom is -0.462 e. The van der Waals surface area contributed by atoms with Crippen LogP contribution >= 0.6 is 0 Å². The quantitative estimate of drug-likeness (QED) is 0.0351. The third kappa shape index (κ3) is 39.9. The Morgan fingerprint density at radius 1 is 0.377 bits per heavy atom. The van der Waals surface area contributed by atoms with Gasteiger partial charge in [-0.05, 0) is 25.2 Å². The van der Waals surface area contributed by atoms with Crippen molar-refractivity contribution in [1.29, 1.82) is 0 Å². The maximum absolute atomic E-state index is 12.7. The third-order valence-electron chi connectivity index (χ3n) is 10.9. The van der Waals surface area contributed by atoms with E-state index in [1.165, 1.54) is 154 Å². The molecule has 0 fully saturated rings. The molecular weight excluding hydrogens is 661 g/mol. The highest BCUT2D eigenvalue weighted by Crippen LogP contribution is 2.17. The lowest BCUT2D eigenvalue weighted by molar-refractivity contribution is -0.167. The number of carbonyl (C=O) groups excluding carboxylic acids is 3. The first-order valence-electron chi connectivity index (χ1n) is 23.4. The van der Waals surface area contributed by atoms with Crippen LogP contribution in [0.15, 0.2) is 0 Å². The summed E-state index contributed by atoms with van der Waals surface area (Å²) < 4.78 is 16.7. The van der Waals surface area contributed by atoms with Crippen LogP contribution in [0.5, 0.6) is 0 Å². The van der Waals surface area contributed by atoms with Gasteiger partial charge in [-0.25, -0.2) is 0 Å². The first-order valence-corrected chi connectivity index (χ1v) is 23.4. The number of hydrogen-bond donors (Lipinski definition) is 0. The molecule has 0 aromatic heterocycles. The molecule has 0 amide bonds. The monoisotopic (exact) mass is 751 g/mol. The summed E-state index contributed by atoms with van der Waals surface area (Å²) in [6.07, 6.45) is 40.8. The fourth-order valence-electron chi connectivity index (χ4n) is 6.95. The summed E-state index contributed by atoms with van der Waals surface area (Å²) in [5.74, 6) is -0.0456. The van der Waals surface area contributed by atoms with Crippen molar-refractivity contribution in [2.45, 2.75) is 265 Å². The summed E-state index contributed by atoms with van der Waals surface area (Å²) in [6.45, 7) is 8.97. The summed E-state index contributed by atoms with van der Waals surface area (Å²) in [5, 5.41) is 0. The summed E-state index contributed by atoms with van der Waals surface area (Å²) in [6, 6.07) is 0. The van der Waals surface area contributed by atoms with Crippen LogP contribution in [-0.2, 0) is 28.6 Å². The molecule has 0 N–H and O–H groups in total. The van der Waals surface area contributed by atoms with E-state index in [0.29, 0.717) is 19.3 Å². The van der Waals surface area contributed by atoms with Crippen molar-refractivity contribution in [1.82, 2.24) is 0 Å². The second kappa shape index (κ2) is 41.6. The highest BCUT2D eigenvalue weighted by atomic mass is 16.6. The molecular formula is C47H90O6. The molecule has 1 unspecified atom stereocenters. The van der Waals surface area contributed by atoms with Crippen molar-refractivity contribution in [3.63, 3.8) is 0 Å². The first-order chi connectivity index (χ1) is 25.9. The summed E-state index contributed by atoms with van der Waals surface area (Å²) >= 11 is 0. The van der Waals surface area contributed by atoms with Gasteiger partial charge in [-0.15, -0.1) is 0 Å². The van der Waals surface area contributed by atoms with Crippen molar-refractivity contribution in [3.8, 4) is 0 Å². The van der Waals surface area contributed by atoms with E-state index in [2.05, 4.69) is 27.7 Å². The second-order valence-electron chi connectivity index (χ2n) is 16.3. The van der Waals surface area contributed by atoms with E-state index in [9.17, 15) is 14.4 Å². The fraction of sp³-hybridized carbons (Fsp3) is 0.936. The number of hydrogen-bond acceptors (Lipinski definition) is 6. The van der Waals surface area contributed by atoms with Crippen LogP contribution in [0.2, 0.25) is 0 Å². The summed E-state index contributed by atoms with van der Waals surface area (Å²) in [4.78, 5) is 37.7. The topological polar surface area (TPSA) is 78.9 Å². The van der Waals surface area contributed by atoms with Gasteiger partial charge in [0.1, 0.15) is 13.2 Å². The molecule has 0 saturated carbocycles. The van der Waals surface area contributed by atoms with Crippen molar-refractivity contribution in [3.05, 3.63) is 0 Å². The predicted octanol–water partition coefficient (Wildman–Crippen LogP) is 14.7. The molecule has 0 spiro atoms. The zero-order chi connectivity index (χ0) is 38.9. The average molecular weight is 751 g/mol. The van der Waals surface area contributed by atoms with E-state index in [4.69, 9.17) is 14.2 Å². The van der Waals surface area contributed by atoms with E-state index < -0.39 is 6.10 Å². The smallest absolute Gasteiger partial charge is 0.306 e. The van der Waals surface area contributed by atoms with E-state index in [1.807, 2.05) is 0 Å². The highest BCUT2D eigenvalue weighted by Gasteiger charge is 2.19. The highest BCUT2D eigenvalue weighted by molar-refractivity contribution is 5.71. The number of carbonyl (C=O) groups is 3. The van der Waals surface area contributed by atoms with Gasteiger partial charge in [0.05, 0.1) is 0 Å². The molecule has 2 atom stereocenters. The van der Waals surface area contributed by atoms with Crippen molar-refractivity contribution < 1.29 is 28.6 Å². The number of ether oxygens (including phenoxy) is 3. The maximum atomic E-state index is 12.7.